The second-order valence-corrected chi connectivity index (χ2v) is 11.8. The molecule has 4 unspecified atom stereocenters. The fourth-order valence-electron chi connectivity index (χ4n) is 5.37. The number of nitrogens with two attached hydrogens (primary N) is 1. The minimum Gasteiger partial charge on any atom is -0.493 e. The highest BCUT2D eigenvalue weighted by molar-refractivity contribution is 5.85. The quantitative estimate of drug-likeness (QED) is 0.206. The number of amides is 1. The van der Waals surface area contributed by atoms with Crippen molar-refractivity contribution < 1.29 is 28.8 Å². The second kappa shape index (κ2) is 21.4. The van der Waals surface area contributed by atoms with Crippen LogP contribution in [0.25, 0.3) is 0 Å². The van der Waals surface area contributed by atoms with Crippen LogP contribution in [0.2, 0.25) is 0 Å². The average Bonchev–Trinajstić information content (AvgIpc) is 2.90. The molecule has 0 saturated carbocycles. The maximum atomic E-state index is 12.7. The van der Waals surface area contributed by atoms with Gasteiger partial charge in [0.25, 0.3) is 0 Å². The summed E-state index contributed by atoms with van der Waals surface area (Å²) in [7, 11) is 3.32. The first kappa shape index (κ1) is 40.7. The van der Waals surface area contributed by atoms with Crippen LogP contribution in [-0.4, -0.2) is 93.9 Å². The van der Waals surface area contributed by atoms with Crippen molar-refractivity contribution in [2.24, 2.45) is 23.5 Å². The van der Waals surface area contributed by atoms with Gasteiger partial charge in [-0.1, -0.05) is 26.8 Å². The Labute approximate surface area is 266 Å². The summed E-state index contributed by atoms with van der Waals surface area (Å²) in [5, 5.41) is 13.9. The van der Waals surface area contributed by atoms with Crippen LogP contribution in [0.1, 0.15) is 59.4 Å². The molecule has 0 aromatic heterocycles. The van der Waals surface area contributed by atoms with Crippen LogP contribution in [0.15, 0.2) is 18.2 Å². The smallest absolute Gasteiger partial charge is 0.222 e. The summed E-state index contributed by atoms with van der Waals surface area (Å²) >= 11 is 0. The summed E-state index contributed by atoms with van der Waals surface area (Å²) in [5.41, 5.74) is 7.63. The van der Waals surface area contributed by atoms with Gasteiger partial charge < -0.3 is 35.1 Å². The van der Waals surface area contributed by atoms with Crippen LogP contribution >= 0.6 is 24.8 Å². The number of rotatable bonds is 18. The molecule has 9 nitrogen and oxygen atoms in total. The summed E-state index contributed by atoms with van der Waals surface area (Å²) in [4.78, 5) is 15.0. The van der Waals surface area contributed by atoms with Crippen molar-refractivity contribution in [2.75, 3.05) is 53.6 Å². The third-order valence-electron chi connectivity index (χ3n) is 7.75. The lowest BCUT2D eigenvalue weighted by Gasteiger charge is -2.35. The topological polar surface area (TPSA) is 116 Å². The molecule has 1 saturated heterocycles. The number of nitrogens with one attached hydrogen (secondary N) is 1. The van der Waals surface area contributed by atoms with Gasteiger partial charge >= 0.3 is 0 Å². The van der Waals surface area contributed by atoms with Crippen LogP contribution in [0.4, 0.5) is 0 Å². The van der Waals surface area contributed by atoms with Gasteiger partial charge in [-0.05, 0) is 62.6 Å². The van der Waals surface area contributed by atoms with E-state index in [-0.39, 0.29) is 54.8 Å². The number of morpholine rings is 1. The van der Waals surface area contributed by atoms with Gasteiger partial charge in [0, 0.05) is 58.3 Å². The zero-order valence-corrected chi connectivity index (χ0v) is 28.3. The summed E-state index contributed by atoms with van der Waals surface area (Å²) in [6.45, 7) is 14.7. The standard InChI is InChI=1S/C31H55N3O6.2ClH/c1-21(2)26(16-25-9-10-29(38-7)30(17-25)39-14-8-13-37-6)18-27(32)28(35)15-22(3)31(36)33-11-12-34-19-23(4)40-24(5)20-34;;/h9-10,17,21-24,26-28,35H,8,11-16,18-20,32H2,1-7H3,(H,33,36);2*1H/t22?,23-,24+,26?,27?,28?;;. The Bertz CT molecular complexity index is 871. The van der Waals surface area contributed by atoms with Crippen LogP contribution in [0.3, 0.4) is 0 Å². The number of ether oxygens (including phenoxy) is 4. The number of methoxy groups -OCH3 is 2. The predicted molar refractivity (Wildman–Crippen MR) is 173 cm³/mol. The lowest BCUT2D eigenvalue weighted by atomic mass is 9.82. The molecular formula is C31H57Cl2N3O6. The van der Waals surface area contributed by atoms with Gasteiger partial charge in [0.15, 0.2) is 11.5 Å². The molecule has 1 aromatic carbocycles. The van der Waals surface area contributed by atoms with Crippen LogP contribution < -0.4 is 20.5 Å². The molecule has 2 rings (SSSR count). The minimum atomic E-state index is -0.751. The van der Waals surface area contributed by atoms with Crippen molar-refractivity contribution in [2.45, 2.75) is 84.7 Å². The van der Waals surface area contributed by atoms with E-state index in [9.17, 15) is 9.90 Å². The normalized spacial score (nSPS) is 20.0. The molecule has 1 fully saturated rings. The lowest BCUT2D eigenvalue weighted by Crippen LogP contribution is -2.48. The van der Waals surface area contributed by atoms with E-state index in [1.807, 2.05) is 19.1 Å². The molecule has 246 valence electrons. The van der Waals surface area contributed by atoms with Crippen LogP contribution in [0.5, 0.6) is 11.5 Å². The molecule has 11 heteroatoms. The van der Waals surface area contributed by atoms with Crippen molar-refractivity contribution in [1.82, 2.24) is 10.2 Å². The van der Waals surface area contributed by atoms with E-state index >= 15 is 0 Å². The Morgan fingerprint density at radius 1 is 1.10 bits per heavy atom. The van der Waals surface area contributed by atoms with E-state index in [1.165, 1.54) is 0 Å². The third kappa shape index (κ3) is 14.4. The Morgan fingerprint density at radius 3 is 2.36 bits per heavy atom. The number of aliphatic hydroxyl groups is 1. The lowest BCUT2D eigenvalue weighted by molar-refractivity contribution is -0.125. The Hall–Kier alpha value is -1.33. The molecule has 0 radical (unpaired) electrons. The van der Waals surface area contributed by atoms with E-state index in [2.05, 4.69) is 44.0 Å². The van der Waals surface area contributed by atoms with E-state index in [4.69, 9.17) is 24.7 Å². The van der Waals surface area contributed by atoms with Gasteiger partial charge in [-0.25, -0.2) is 0 Å². The number of carbonyl (C=O) groups is 1. The van der Waals surface area contributed by atoms with Crippen LogP contribution in [0, 0.1) is 17.8 Å². The van der Waals surface area contributed by atoms with E-state index in [0.717, 1.165) is 43.8 Å². The van der Waals surface area contributed by atoms with Gasteiger partial charge in [0.05, 0.1) is 32.0 Å². The summed E-state index contributed by atoms with van der Waals surface area (Å²) in [6, 6.07) is 5.62. The van der Waals surface area contributed by atoms with Gasteiger partial charge in [0.2, 0.25) is 5.91 Å². The first-order valence-electron chi connectivity index (χ1n) is 14.9. The van der Waals surface area contributed by atoms with Gasteiger partial charge in [0.1, 0.15) is 0 Å². The van der Waals surface area contributed by atoms with Crippen molar-refractivity contribution >= 4 is 30.7 Å². The SMILES string of the molecule is COCCCOc1cc(CC(CC(N)C(O)CC(C)C(=O)NCCN2C[C@@H](C)O[C@@H](C)C2)C(C)C)ccc1OC.Cl.Cl. The number of aliphatic hydroxyl groups excluding tert-OH is 1. The molecule has 4 N–H and O–H groups in total. The Morgan fingerprint density at radius 2 is 1.76 bits per heavy atom. The van der Waals surface area contributed by atoms with E-state index in [1.54, 1.807) is 14.2 Å². The molecule has 42 heavy (non-hydrogen) atoms. The van der Waals surface area contributed by atoms with Gasteiger partial charge in [-0.15, -0.1) is 24.8 Å². The zero-order chi connectivity index (χ0) is 29.7. The Balaban J connectivity index is 0.00000840. The highest BCUT2D eigenvalue weighted by Crippen LogP contribution is 2.31. The number of hydrogen-bond acceptors (Lipinski definition) is 8. The third-order valence-corrected chi connectivity index (χ3v) is 7.75. The summed E-state index contributed by atoms with van der Waals surface area (Å²) in [5.74, 6) is 1.70. The number of carbonyl (C=O) groups excluding carboxylic acids is 1. The van der Waals surface area contributed by atoms with E-state index < -0.39 is 12.1 Å². The number of hydrogen-bond donors (Lipinski definition) is 3. The second-order valence-electron chi connectivity index (χ2n) is 11.8. The predicted octanol–water partition coefficient (Wildman–Crippen LogP) is 4.10. The molecular weight excluding hydrogens is 581 g/mol. The largest absolute Gasteiger partial charge is 0.493 e. The fraction of sp³-hybridized carbons (Fsp3) is 0.774. The molecule has 1 heterocycles. The van der Waals surface area contributed by atoms with Crippen molar-refractivity contribution in [3.8, 4) is 11.5 Å². The van der Waals surface area contributed by atoms with Crippen molar-refractivity contribution in [3.63, 3.8) is 0 Å². The molecule has 1 aromatic rings. The zero-order valence-electron chi connectivity index (χ0n) is 26.7. The van der Waals surface area contributed by atoms with Crippen LogP contribution in [-0.2, 0) is 20.7 Å². The maximum absolute atomic E-state index is 12.7. The van der Waals surface area contributed by atoms with Crippen molar-refractivity contribution in [3.05, 3.63) is 23.8 Å². The molecule has 1 aliphatic rings. The minimum absolute atomic E-state index is 0. The average molecular weight is 639 g/mol. The van der Waals surface area contributed by atoms with Crippen molar-refractivity contribution in [1.29, 1.82) is 0 Å². The molecule has 0 aliphatic carbocycles. The molecule has 0 bridgehead atoms. The van der Waals surface area contributed by atoms with Gasteiger partial charge in [-0.3, -0.25) is 9.69 Å². The maximum Gasteiger partial charge on any atom is 0.222 e. The first-order valence-corrected chi connectivity index (χ1v) is 14.9. The molecule has 1 amide bonds. The monoisotopic (exact) mass is 637 g/mol. The fourth-order valence-corrected chi connectivity index (χ4v) is 5.37. The first-order chi connectivity index (χ1) is 19.0. The molecule has 0 spiro atoms. The molecule has 6 atom stereocenters. The van der Waals surface area contributed by atoms with E-state index in [0.29, 0.717) is 44.3 Å². The molecule has 1 aliphatic heterocycles. The highest BCUT2D eigenvalue weighted by Gasteiger charge is 2.27. The Kier molecular flexibility index (Phi) is 20.7. The van der Waals surface area contributed by atoms with Gasteiger partial charge in [-0.2, -0.15) is 0 Å². The number of benzene rings is 1. The number of halogens is 2. The highest BCUT2D eigenvalue weighted by atomic mass is 35.5. The summed E-state index contributed by atoms with van der Waals surface area (Å²) < 4.78 is 22.3. The number of nitrogens with zero attached hydrogens (tertiary/aromatic N) is 1. The summed E-state index contributed by atoms with van der Waals surface area (Å²) in [6.07, 6.45) is 2.27.